The van der Waals surface area contributed by atoms with Gasteiger partial charge in [0.1, 0.15) is 12.4 Å². The van der Waals surface area contributed by atoms with Gasteiger partial charge in [-0.15, -0.1) is 0 Å². The van der Waals surface area contributed by atoms with Crippen molar-refractivity contribution in [3.8, 4) is 5.75 Å². The molecule has 0 fully saturated rings. The highest BCUT2D eigenvalue weighted by molar-refractivity contribution is 9.10. The van der Waals surface area contributed by atoms with E-state index in [1.165, 1.54) is 0 Å². The summed E-state index contributed by atoms with van der Waals surface area (Å²) in [6.45, 7) is 1.02. The van der Waals surface area contributed by atoms with Crippen molar-refractivity contribution in [1.82, 2.24) is 10.4 Å². The fourth-order valence-corrected chi connectivity index (χ4v) is 2.42. The first-order chi connectivity index (χ1) is 10.3. The van der Waals surface area contributed by atoms with Crippen molar-refractivity contribution < 1.29 is 9.47 Å². The summed E-state index contributed by atoms with van der Waals surface area (Å²) >= 11 is 3.42. The topological polar surface area (TPSA) is 69.4 Å². The van der Waals surface area contributed by atoms with Gasteiger partial charge in [0.25, 0.3) is 0 Å². The number of pyridine rings is 1. The number of benzene rings is 1. The Morgan fingerprint density at radius 2 is 2.10 bits per heavy atom. The van der Waals surface area contributed by atoms with Crippen LogP contribution in [0.25, 0.3) is 0 Å². The van der Waals surface area contributed by atoms with Crippen molar-refractivity contribution in [3.05, 3.63) is 58.3 Å². The van der Waals surface area contributed by atoms with Gasteiger partial charge in [0.05, 0.1) is 12.6 Å². The molecule has 6 heteroatoms. The van der Waals surface area contributed by atoms with Gasteiger partial charge >= 0.3 is 0 Å². The number of methoxy groups -OCH3 is 1. The summed E-state index contributed by atoms with van der Waals surface area (Å²) in [5, 5.41) is 0. The van der Waals surface area contributed by atoms with Gasteiger partial charge in [-0.25, -0.2) is 5.43 Å². The van der Waals surface area contributed by atoms with Gasteiger partial charge in [0.2, 0.25) is 0 Å². The molecule has 112 valence electrons. The van der Waals surface area contributed by atoms with Gasteiger partial charge < -0.3 is 9.47 Å². The van der Waals surface area contributed by atoms with Crippen LogP contribution < -0.4 is 16.0 Å². The molecule has 1 heterocycles. The molecule has 5 nitrogen and oxygen atoms in total. The number of hydrogen-bond donors (Lipinski definition) is 2. The predicted molar refractivity (Wildman–Crippen MR) is 84.9 cm³/mol. The first-order valence-electron chi connectivity index (χ1n) is 6.53. The summed E-state index contributed by atoms with van der Waals surface area (Å²) in [5.74, 6) is 6.51. The van der Waals surface area contributed by atoms with Gasteiger partial charge in [-0.1, -0.05) is 18.2 Å². The van der Waals surface area contributed by atoms with Gasteiger partial charge in [0.15, 0.2) is 0 Å². The first-order valence-corrected chi connectivity index (χ1v) is 7.32. The number of nitrogens with two attached hydrogens (primary N) is 1. The maximum atomic E-state index is 5.76. The third-order valence-corrected chi connectivity index (χ3v) is 3.43. The molecule has 0 bridgehead atoms. The number of aromatic nitrogens is 1. The monoisotopic (exact) mass is 351 g/mol. The van der Waals surface area contributed by atoms with Gasteiger partial charge in [-0.3, -0.25) is 10.8 Å². The van der Waals surface area contributed by atoms with Crippen molar-refractivity contribution >= 4 is 15.9 Å². The van der Waals surface area contributed by atoms with E-state index in [-0.39, 0.29) is 6.04 Å². The van der Waals surface area contributed by atoms with Crippen molar-refractivity contribution in [2.75, 3.05) is 20.3 Å². The Balaban J connectivity index is 2.29. The van der Waals surface area contributed by atoms with Crippen LogP contribution in [0.5, 0.6) is 5.75 Å². The lowest BCUT2D eigenvalue weighted by atomic mass is 10.00. The lowest BCUT2D eigenvalue weighted by molar-refractivity contribution is 0.145. The average molecular weight is 352 g/mol. The second kappa shape index (κ2) is 8.09. The molecule has 0 aliphatic rings. The third-order valence-electron chi connectivity index (χ3n) is 3.00. The Kier molecular flexibility index (Phi) is 6.13. The number of nitrogens with zero attached hydrogens (tertiary/aromatic N) is 1. The molecule has 0 radical (unpaired) electrons. The smallest absolute Gasteiger partial charge is 0.124 e. The summed E-state index contributed by atoms with van der Waals surface area (Å²) in [7, 11) is 1.65. The van der Waals surface area contributed by atoms with E-state index in [4.69, 9.17) is 15.3 Å². The molecule has 0 spiro atoms. The normalized spacial score (nSPS) is 12.1. The van der Waals surface area contributed by atoms with Crippen LogP contribution in [0.2, 0.25) is 0 Å². The quantitative estimate of drug-likeness (QED) is 0.455. The number of halogens is 1. The molecule has 3 N–H and O–H groups in total. The number of rotatable bonds is 7. The SMILES string of the molecule is COCCOc1ccccc1C(NN)c1cncc(Br)c1. The molecule has 21 heavy (non-hydrogen) atoms. The Labute approximate surface area is 132 Å². The minimum atomic E-state index is -0.200. The Morgan fingerprint density at radius 3 is 2.81 bits per heavy atom. The van der Waals surface area contributed by atoms with E-state index >= 15 is 0 Å². The zero-order valence-corrected chi connectivity index (χ0v) is 13.3. The van der Waals surface area contributed by atoms with Crippen LogP contribution >= 0.6 is 15.9 Å². The molecule has 1 atom stereocenters. The fraction of sp³-hybridized carbons (Fsp3) is 0.267. The minimum absolute atomic E-state index is 0.200. The Hall–Kier alpha value is -1.47. The van der Waals surface area contributed by atoms with Crippen LogP contribution in [-0.2, 0) is 4.74 Å². The van der Waals surface area contributed by atoms with Crippen LogP contribution in [0.4, 0.5) is 0 Å². The van der Waals surface area contributed by atoms with E-state index in [1.54, 1.807) is 19.5 Å². The zero-order valence-electron chi connectivity index (χ0n) is 11.8. The highest BCUT2D eigenvalue weighted by atomic mass is 79.9. The molecule has 1 aromatic carbocycles. The summed E-state index contributed by atoms with van der Waals surface area (Å²) < 4.78 is 11.7. The maximum absolute atomic E-state index is 5.76. The molecule has 2 aromatic rings. The Morgan fingerprint density at radius 1 is 1.29 bits per heavy atom. The lowest BCUT2D eigenvalue weighted by Crippen LogP contribution is -2.29. The second-order valence-electron chi connectivity index (χ2n) is 4.42. The molecular formula is C15H18BrN3O2. The van der Waals surface area contributed by atoms with Crippen molar-refractivity contribution in [3.63, 3.8) is 0 Å². The number of hydrazine groups is 1. The maximum Gasteiger partial charge on any atom is 0.124 e. The highest BCUT2D eigenvalue weighted by Gasteiger charge is 2.17. The Bertz CT molecular complexity index is 580. The van der Waals surface area contributed by atoms with Crippen LogP contribution in [0.1, 0.15) is 17.2 Å². The number of ether oxygens (including phenoxy) is 2. The molecule has 1 aromatic heterocycles. The second-order valence-corrected chi connectivity index (χ2v) is 5.33. The summed E-state index contributed by atoms with van der Waals surface area (Å²) in [6, 6.07) is 9.55. The van der Waals surface area contributed by atoms with Gasteiger partial charge in [0, 0.05) is 29.5 Å². The molecule has 0 amide bonds. The lowest BCUT2D eigenvalue weighted by Gasteiger charge is -2.20. The van der Waals surface area contributed by atoms with Crippen molar-refractivity contribution in [1.29, 1.82) is 0 Å². The van der Waals surface area contributed by atoms with Crippen molar-refractivity contribution in [2.24, 2.45) is 5.84 Å². The largest absolute Gasteiger partial charge is 0.491 e. The van der Waals surface area contributed by atoms with E-state index in [0.29, 0.717) is 13.2 Å². The highest BCUT2D eigenvalue weighted by Crippen LogP contribution is 2.30. The molecule has 0 saturated carbocycles. The molecule has 0 aliphatic carbocycles. The van der Waals surface area contributed by atoms with E-state index in [9.17, 15) is 0 Å². The fourth-order valence-electron chi connectivity index (χ4n) is 2.04. The zero-order chi connectivity index (χ0) is 15.1. The number of hydrogen-bond acceptors (Lipinski definition) is 5. The molecule has 1 unspecified atom stereocenters. The predicted octanol–water partition coefficient (Wildman–Crippen LogP) is 2.42. The average Bonchev–Trinajstić information content (AvgIpc) is 2.50. The summed E-state index contributed by atoms with van der Waals surface area (Å²) in [5.41, 5.74) is 4.73. The van der Waals surface area contributed by atoms with Crippen LogP contribution in [0.3, 0.4) is 0 Å². The van der Waals surface area contributed by atoms with Gasteiger partial charge in [-0.2, -0.15) is 0 Å². The summed E-state index contributed by atoms with van der Waals surface area (Å²) in [6.07, 6.45) is 3.51. The van der Waals surface area contributed by atoms with E-state index < -0.39 is 0 Å². The van der Waals surface area contributed by atoms with E-state index in [0.717, 1.165) is 21.3 Å². The molecule has 0 saturated heterocycles. The van der Waals surface area contributed by atoms with Gasteiger partial charge in [-0.05, 0) is 33.6 Å². The third kappa shape index (κ3) is 4.25. The van der Waals surface area contributed by atoms with E-state index in [1.807, 2.05) is 30.3 Å². The van der Waals surface area contributed by atoms with Crippen LogP contribution in [0.15, 0.2) is 47.2 Å². The van der Waals surface area contributed by atoms with Crippen molar-refractivity contribution in [2.45, 2.75) is 6.04 Å². The molecule has 2 rings (SSSR count). The number of para-hydroxylation sites is 1. The number of nitrogens with one attached hydrogen (secondary N) is 1. The molecular weight excluding hydrogens is 334 g/mol. The van der Waals surface area contributed by atoms with Crippen LogP contribution in [-0.4, -0.2) is 25.3 Å². The van der Waals surface area contributed by atoms with Crippen LogP contribution in [0, 0.1) is 0 Å². The van der Waals surface area contributed by atoms with E-state index in [2.05, 4.69) is 26.3 Å². The minimum Gasteiger partial charge on any atom is -0.491 e. The first kappa shape index (κ1) is 15.9. The standard InChI is InChI=1S/C15H18BrN3O2/c1-20-6-7-21-14-5-3-2-4-13(14)15(19-17)11-8-12(16)10-18-9-11/h2-5,8-10,15,19H,6-7,17H2,1H3. The summed E-state index contributed by atoms with van der Waals surface area (Å²) in [4.78, 5) is 4.18. The molecule has 0 aliphatic heterocycles.